The molecule has 1 unspecified atom stereocenters. The Labute approximate surface area is 126 Å². The van der Waals surface area contributed by atoms with Crippen LogP contribution < -0.4 is 0 Å². The molecule has 2 aliphatic carbocycles. The van der Waals surface area contributed by atoms with E-state index in [4.69, 9.17) is 8.85 Å². The normalized spacial score (nSPS) is 25.2. The first kappa shape index (κ1) is 16.5. The molecule has 0 aromatic carbocycles. The van der Waals surface area contributed by atoms with Crippen LogP contribution in [0, 0.1) is 5.92 Å². The van der Waals surface area contributed by atoms with Crippen molar-refractivity contribution in [3.8, 4) is 0 Å². The number of hydrogen-bond donors (Lipinski definition) is 0. The predicted molar refractivity (Wildman–Crippen MR) is 87.2 cm³/mol. The topological polar surface area (TPSA) is 18.5 Å². The zero-order chi connectivity index (χ0) is 14.4. The minimum atomic E-state index is -2.02. The summed E-state index contributed by atoms with van der Waals surface area (Å²) in [4.78, 5) is 0. The summed E-state index contributed by atoms with van der Waals surface area (Å²) < 4.78 is 13.2. The van der Waals surface area contributed by atoms with E-state index in [2.05, 4.69) is 20.8 Å². The fraction of sp³-hybridized carbons (Fsp3) is 1.00. The molecular weight excluding hydrogens is 264 g/mol. The van der Waals surface area contributed by atoms with Crippen LogP contribution in [0.25, 0.3) is 0 Å². The van der Waals surface area contributed by atoms with E-state index in [1.165, 1.54) is 57.8 Å². The fourth-order valence-electron chi connectivity index (χ4n) is 4.20. The Kier molecular flexibility index (Phi) is 6.56. The van der Waals surface area contributed by atoms with Gasteiger partial charge in [-0.2, -0.15) is 0 Å². The van der Waals surface area contributed by atoms with Crippen LogP contribution in [0.15, 0.2) is 0 Å². The molecule has 0 saturated heterocycles. The van der Waals surface area contributed by atoms with E-state index in [1.54, 1.807) is 0 Å². The van der Waals surface area contributed by atoms with Crippen LogP contribution in [-0.2, 0) is 8.85 Å². The van der Waals surface area contributed by atoms with Gasteiger partial charge in [0, 0.05) is 24.3 Å². The van der Waals surface area contributed by atoms with Crippen molar-refractivity contribution < 1.29 is 8.85 Å². The lowest BCUT2D eigenvalue weighted by molar-refractivity contribution is 0.132. The molecule has 3 heteroatoms. The van der Waals surface area contributed by atoms with Crippen molar-refractivity contribution in [3.05, 3.63) is 0 Å². The monoisotopic (exact) mass is 298 g/mol. The van der Waals surface area contributed by atoms with Gasteiger partial charge in [0.15, 0.2) is 0 Å². The van der Waals surface area contributed by atoms with Gasteiger partial charge in [-0.1, -0.05) is 46.0 Å². The van der Waals surface area contributed by atoms with Gasteiger partial charge in [-0.15, -0.1) is 0 Å². The molecule has 0 spiro atoms. The third-order valence-corrected chi connectivity index (χ3v) is 9.90. The number of hydrogen-bond acceptors (Lipinski definition) is 2. The molecule has 2 nitrogen and oxygen atoms in total. The highest BCUT2D eigenvalue weighted by atomic mass is 28.4. The van der Waals surface area contributed by atoms with Gasteiger partial charge in [-0.05, 0) is 38.5 Å². The van der Waals surface area contributed by atoms with Crippen LogP contribution in [0.3, 0.4) is 0 Å². The van der Waals surface area contributed by atoms with Crippen molar-refractivity contribution in [1.82, 2.24) is 0 Å². The van der Waals surface area contributed by atoms with Gasteiger partial charge < -0.3 is 8.85 Å². The molecule has 0 heterocycles. The second-order valence-electron chi connectivity index (χ2n) is 7.18. The molecular formula is C17H34O2Si. The highest BCUT2D eigenvalue weighted by Crippen LogP contribution is 2.50. The lowest BCUT2D eigenvalue weighted by Gasteiger charge is -2.43. The van der Waals surface area contributed by atoms with Crippen LogP contribution >= 0.6 is 0 Å². The lowest BCUT2D eigenvalue weighted by Crippen LogP contribution is -2.52. The first-order chi connectivity index (χ1) is 9.69. The summed E-state index contributed by atoms with van der Waals surface area (Å²) in [5, 5.41) is 0. The Bertz CT molecular complexity index is 270. The molecule has 118 valence electrons. The molecule has 0 aliphatic heterocycles. The van der Waals surface area contributed by atoms with E-state index in [0.717, 1.165) is 24.3 Å². The van der Waals surface area contributed by atoms with Crippen molar-refractivity contribution >= 4 is 8.56 Å². The van der Waals surface area contributed by atoms with Crippen molar-refractivity contribution in [2.24, 2.45) is 5.92 Å². The van der Waals surface area contributed by atoms with Gasteiger partial charge in [0.2, 0.25) is 0 Å². The zero-order valence-electron chi connectivity index (χ0n) is 13.8. The van der Waals surface area contributed by atoms with Crippen molar-refractivity contribution in [1.29, 1.82) is 0 Å². The lowest BCUT2D eigenvalue weighted by atomic mass is 10.0. The van der Waals surface area contributed by atoms with Gasteiger partial charge in [-0.25, -0.2) is 0 Å². The van der Waals surface area contributed by atoms with Crippen LogP contribution in [0.1, 0.15) is 78.6 Å². The van der Waals surface area contributed by atoms with E-state index < -0.39 is 8.56 Å². The van der Waals surface area contributed by atoms with E-state index in [1.807, 2.05) is 0 Å². The van der Waals surface area contributed by atoms with Crippen LogP contribution in [0.2, 0.25) is 11.1 Å². The Balaban J connectivity index is 2.16. The summed E-state index contributed by atoms with van der Waals surface area (Å²) >= 11 is 0. The zero-order valence-corrected chi connectivity index (χ0v) is 14.8. The van der Waals surface area contributed by atoms with Gasteiger partial charge in [-0.3, -0.25) is 0 Å². The molecule has 20 heavy (non-hydrogen) atoms. The fourth-order valence-corrected chi connectivity index (χ4v) is 9.37. The molecule has 0 aromatic rings. The van der Waals surface area contributed by atoms with Crippen LogP contribution in [0.4, 0.5) is 0 Å². The average molecular weight is 299 g/mol. The first-order valence-electron chi connectivity index (χ1n) is 8.97. The maximum absolute atomic E-state index is 6.67. The highest BCUT2D eigenvalue weighted by Gasteiger charge is 2.52. The molecule has 0 amide bonds. The SMILES string of the molecule is CCO[Si](OCC(C)C)(C1CCCCC1)C1CCCC1. The third-order valence-electron chi connectivity index (χ3n) is 5.11. The van der Waals surface area contributed by atoms with E-state index in [9.17, 15) is 0 Å². The van der Waals surface area contributed by atoms with Gasteiger partial charge in [0.1, 0.15) is 0 Å². The molecule has 2 saturated carbocycles. The summed E-state index contributed by atoms with van der Waals surface area (Å²) in [6.45, 7) is 8.44. The molecule has 0 bridgehead atoms. The van der Waals surface area contributed by atoms with Gasteiger partial charge in [0.05, 0.1) is 0 Å². The molecule has 0 aromatic heterocycles. The van der Waals surface area contributed by atoms with Crippen LogP contribution in [0.5, 0.6) is 0 Å². The maximum Gasteiger partial charge on any atom is 0.344 e. The quantitative estimate of drug-likeness (QED) is 0.585. The van der Waals surface area contributed by atoms with Crippen molar-refractivity contribution in [2.45, 2.75) is 89.6 Å². The number of rotatable bonds is 7. The Morgan fingerprint density at radius 1 is 0.850 bits per heavy atom. The van der Waals surface area contributed by atoms with E-state index in [0.29, 0.717) is 5.92 Å². The standard InChI is InChI=1S/C17H34O2Si/c1-4-18-20(19-14-15(2)3,17-12-8-9-13-17)16-10-6-5-7-11-16/h15-17H,4-14H2,1-3H3. The molecule has 1 atom stereocenters. The smallest absolute Gasteiger partial charge is 0.344 e. The van der Waals surface area contributed by atoms with E-state index in [-0.39, 0.29) is 0 Å². The highest BCUT2D eigenvalue weighted by molar-refractivity contribution is 6.70. The minimum Gasteiger partial charge on any atom is -0.394 e. The molecule has 0 N–H and O–H groups in total. The molecule has 0 radical (unpaired) electrons. The third kappa shape index (κ3) is 3.86. The summed E-state index contributed by atoms with van der Waals surface area (Å²) in [6, 6.07) is 0. The maximum atomic E-state index is 6.67. The van der Waals surface area contributed by atoms with Gasteiger partial charge >= 0.3 is 8.56 Å². The molecule has 2 fully saturated rings. The summed E-state index contributed by atoms with van der Waals surface area (Å²) in [6.07, 6.45) is 12.4. The molecule has 2 aliphatic rings. The first-order valence-corrected chi connectivity index (χ1v) is 10.9. The van der Waals surface area contributed by atoms with Crippen LogP contribution in [-0.4, -0.2) is 21.8 Å². The minimum absolute atomic E-state index is 0.618. The molecule has 2 rings (SSSR count). The second-order valence-corrected chi connectivity index (χ2v) is 10.8. The second kappa shape index (κ2) is 7.95. The Morgan fingerprint density at radius 3 is 1.80 bits per heavy atom. The summed E-state index contributed by atoms with van der Waals surface area (Å²) in [5.41, 5.74) is 1.53. The summed E-state index contributed by atoms with van der Waals surface area (Å²) in [7, 11) is -2.02. The summed E-state index contributed by atoms with van der Waals surface area (Å²) in [5.74, 6) is 0.618. The predicted octanol–water partition coefficient (Wildman–Crippen LogP) is 5.42. The largest absolute Gasteiger partial charge is 0.394 e. The van der Waals surface area contributed by atoms with Gasteiger partial charge in [0.25, 0.3) is 0 Å². The Hall–Kier alpha value is 0.137. The Morgan fingerprint density at radius 2 is 1.35 bits per heavy atom. The van der Waals surface area contributed by atoms with Crippen molar-refractivity contribution in [3.63, 3.8) is 0 Å². The average Bonchev–Trinajstić information content (AvgIpc) is 2.99. The van der Waals surface area contributed by atoms with Crippen molar-refractivity contribution in [2.75, 3.05) is 13.2 Å². The van der Waals surface area contributed by atoms with E-state index >= 15 is 0 Å².